The van der Waals surface area contributed by atoms with Crippen LogP contribution in [0.2, 0.25) is 0 Å². The van der Waals surface area contributed by atoms with Gasteiger partial charge in [0.05, 0.1) is 25.1 Å². The molecule has 4 rings (SSSR count). The summed E-state index contributed by atoms with van der Waals surface area (Å²) in [6.45, 7) is 4.59. The number of carbonyl (C=O) groups is 1. The van der Waals surface area contributed by atoms with Gasteiger partial charge in [-0.1, -0.05) is 65.8 Å². The molecule has 0 N–H and O–H groups in total. The molecule has 1 unspecified atom stereocenters. The predicted molar refractivity (Wildman–Crippen MR) is 130 cm³/mol. The number of piperidine rings is 1. The fraction of sp³-hybridized carbons (Fsp3) is 0.407. The molecule has 0 spiro atoms. The molecule has 0 saturated carbocycles. The first kappa shape index (κ1) is 23.1. The first-order valence-electron chi connectivity index (χ1n) is 11.8. The number of rotatable bonds is 9. The third-order valence-electron chi connectivity index (χ3n) is 6.34. The van der Waals surface area contributed by atoms with Crippen LogP contribution in [0.5, 0.6) is 0 Å². The number of carbonyl (C=O) groups excluding carboxylic acids is 1. The minimum absolute atomic E-state index is 0.0658. The summed E-state index contributed by atoms with van der Waals surface area (Å²) in [5.41, 5.74) is 3.77. The van der Waals surface area contributed by atoms with Crippen molar-refractivity contribution in [2.24, 2.45) is 0 Å². The quantitative estimate of drug-likeness (QED) is 0.465. The highest BCUT2D eigenvalue weighted by Crippen LogP contribution is 2.35. The van der Waals surface area contributed by atoms with Gasteiger partial charge < -0.3 is 19.1 Å². The third kappa shape index (κ3) is 5.63. The van der Waals surface area contributed by atoms with E-state index in [2.05, 4.69) is 17.0 Å². The summed E-state index contributed by atoms with van der Waals surface area (Å²) in [5.74, 6) is 0.854. The molecule has 6 heteroatoms. The molecule has 1 fully saturated rings. The molecule has 174 valence electrons. The van der Waals surface area contributed by atoms with Crippen LogP contribution in [0.4, 0.5) is 5.88 Å². The maximum Gasteiger partial charge on any atom is 0.233 e. The lowest BCUT2D eigenvalue weighted by molar-refractivity contribution is -0.131. The van der Waals surface area contributed by atoms with E-state index < -0.39 is 0 Å². The standard InChI is InChI=1S/C27H33N3O3/c1-21-11-9-10-16-30(21)27-24(26(28-33-27)23-14-7-4-8-15-23)20-29(17-18-32-2)25(31)19-22-12-5-3-6-13-22/h3-8,12-15,21H,9-11,16-20H2,1-2H3. The molecule has 2 aromatic carbocycles. The molecule has 1 atom stereocenters. The van der Waals surface area contributed by atoms with Gasteiger partial charge in [-0.3, -0.25) is 4.79 Å². The number of nitrogens with zero attached hydrogens (tertiary/aromatic N) is 3. The SMILES string of the molecule is COCCN(Cc1c(-c2ccccc2)noc1N1CCCCC1C)C(=O)Cc1ccccc1. The predicted octanol–water partition coefficient (Wildman–Crippen LogP) is 4.94. The van der Waals surface area contributed by atoms with Gasteiger partial charge in [-0.15, -0.1) is 0 Å². The van der Waals surface area contributed by atoms with Gasteiger partial charge in [0.1, 0.15) is 5.69 Å². The monoisotopic (exact) mass is 447 g/mol. The maximum atomic E-state index is 13.4. The van der Waals surface area contributed by atoms with E-state index in [1.54, 1.807) is 7.11 Å². The normalized spacial score (nSPS) is 16.1. The molecule has 3 aromatic rings. The Bertz CT molecular complexity index is 1020. The second-order valence-electron chi connectivity index (χ2n) is 8.69. The van der Waals surface area contributed by atoms with Crippen molar-refractivity contribution in [2.45, 2.75) is 45.2 Å². The van der Waals surface area contributed by atoms with Crippen LogP contribution in [0.15, 0.2) is 65.2 Å². The zero-order valence-corrected chi connectivity index (χ0v) is 19.6. The number of ether oxygens (including phenoxy) is 1. The van der Waals surface area contributed by atoms with Gasteiger partial charge in [-0.2, -0.15) is 0 Å². The Labute approximate surface area is 196 Å². The van der Waals surface area contributed by atoms with Crippen LogP contribution in [0.3, 0.4) is 0 Å². The van der Waals surface area contributed by atoms with E-state index in [1.165, 1.54) is 6.42 Å². The average Bonchev–Trinajstić information content (AvgIpc) is 3.26. The van der Waals surface area contributed by atoms with E-state index in [9.17, 15) is 4.79 Å². The van der Waals surface area contributed by atoms with Crippen LogP contribution in [-0.4, -0.2) is 48.8 Å². The Morgan fingerprint density at radius 2 is 1.85 bits per heavy atom. The van der Waals surface area contributed by atoms with E-state index >= 15 is 0 Å². The third-order valence-corrected chi connectivity index (χ3v) is 6.34. The van der Waals surface area contributed by atoms with Crippen LogP contribution >= 0.6 is 0 Å². The molecule has 1 aromatic heterocycles. The van der Waals surface area contributed by atoms with Gasteiger partial charge in [0.15, 0.2) is 0 Å². The van der Waals surface area contributed by atoms with Crippen molar-refractivity contribution in [3.63, 3.8) is 0 Å². The highest BCUT2D eigenvalue weighted by atomic mass is 16.5. The first-order valence-corrected chi connectivity index (χ1v) is 11.8. The summed E-state index contributed by atoms with van der Waals surface area (Å²) in [4.78, 5) is 17.5. The summed E-state index contributed by atoms with van der Waals surface area (Å²) in [6.07, 6.45) is 3.83. The summed E-state index contributed by atoms with van der Waals surface area (Å²) in [5, 5.41) is 4.49. The highest BCUT2D eigenvalue weighted by Gasteiger charge is 2.29. The average molecular weight is 448 g/mol. The number of anilines is 1. The number of aromatic nitrogens is 1. The Balaban J connectivity index is 1.67. The van der Waals surface area contributed by atoms with Crippen molar-refractivity contribution in [1.29, 1.82) is 0 Å². The van der Waals surface area contributed by atoms with E-state index in [0.717, 1.165) is 47.7 Å². The molecular formula is C27H33N3O3. The smallest absolute Gasteiger partial charge is 0.233 e. The van der Waals surface area contributed by atoms with Gasteiger partial charge in [-0.05, 0) is 31.7 Å². The van der Waals surface area contributed by atoms with E-state index in [0.29, 0.717) is 32.2 Å². The summed E-state index contributed by atoms with van der Waals surface area (Å²) < 4.78 is 11.3. The van der Waals surface area contributed by atoms with Crippen LogP contribution in [0.1, 0.15) is 37.3 Å². The topological polar surface area (TPSA) is 58.8 Å². The lowest BCUT2D eigenvalue weighted by atomic mass is 10.0. The second kappa shape index (κ2) is 11.1. The minimum atomic E-state index is 0.0658. The zero-order valence-electron chi connectivity index (χ0n) is 19.6. The van der Waals surface area contributed by atoms with Crippen molar-refractivity contribution < 1.29 is 14.1 Å². The highest BCUT2D eigenvalue weighted by molar-refractivity contribution is 5.79. The molecule has 0 aliphatic carbocycles. The van der Waals surface area contributed by atoms with Gasteiger partial charge in [0, 0.05) is 31.8 Å². The van der Waals surface area contributed by atoms with Gasteiger partial charge in [0.2, 0.25) is 11.8 Å². The molecule has 0 radical (unpaired) electrons. The van der Waals surface area contributed by atoms with Crippen molar-refractivity contribution in [1.82, 2.24) is 10.1 Å². The Morgan fingerprint density at radius 1 is 1.12 bits per heavy atom. The molecular weight excluding hydrogens is 414 g/mol. The number of benzene rings is 2. The molecule has 1 aliphatic rings. The molecule has 2 heterocycles. The second-order valence-corrected chi connectivity index (χ2v) is 8.69. The number of hydrogen-bond acceptors (Lipinski definition) is 5. The van der Waals surface area contributed by atoms with Crippen molar-refractivity contribution >= 4 is 11.8 Å². The van der Waals surface area contributed by atoms with Crippen LogP contribution in [0, 0.1) is 0 Å². The van der Waals surface area contributed by atoms with E-state index in [4.69, 9.17) is 9.26 Å². The lowest BCUT2D eigenvalue weighted by Crippen LogP contribution is -2.39. The number of amides is 1. The van der Waals surface area contributed by atoms with Gasteiger partial charge in [0.25, 0.3) is 0 Å². The van der Waals surface area contributed by atoms with Crippen molar-refractivity contribution in [3.8, 4) is 11.3 Å². The first-order chi connectivity index (χ1) is 16.2. The van der Waals surface area contributed by atoms with Crippen LogP contribution in [-0.2, 0) is 22.5 Å². The fourth-order valence-electron chi connectivity index (χ4n) is 4.46. The van der Waals surface area contributed by atoms with Gasteiger partial charge >= 0.3 is 0 Å². The number of hydrogen-bond donors (Lipinski definition) is 0. The Kier molecular flexibility index (Phi) is 7.79. The molecule has 33 heavy (non-hydrogen) atoms. The Hall–Kier alpha value is -3.12. The Morgan fingerprint density at radius 3 is 2.55 bits per heavy atom. The largest absolute Gasteiger partial charge is 0.383 e. The van der Waals surface area contributed by atoms with Crippen LogP contribution in [0.25, 0.3) is 11.3 Å². The van der Waals surface area contributed by atoms with E-state index in [-0.39, 0.29) is 5.91 Å². The molecule has 1 amide bonds. The van der Waals surface area contributed by atoms with E-state index in [1.807, 2.05) is 65.6 Å². The lowest BCUT2D eigenvalue weighted by Gasteiger charge is -2.34. The fourth-order valence-corrected chi connectivity index (χ4v) is 4.46. The zero-order chi connectivity index (χ0) is 23.0. The summed E-state index contributed by atoms with van der Waals surface area (Å²) in [6, 6.07) is 20.3. The summed E-state index contributed by atoms with van der Waals surface area (Å²) >= 11 is 0. The maximum absolute atomic E-state index is 13.4. The van der Waals surface area contributed by atoms with Gasteiger partial charge in [-0.25, -0.2) is 0 Å². The minimum Gasteiger partial charge on any atom is -0.383 e. The summed E-state index contributed by atoms with van der Waals surface area (Å²) in [7, 11) is 1.66. The van der Waals surface area contributed by atoms with Crippen LogP contribution < -0.4 is 4.90 Å². The molecule has 1 aliphatic heterocycles. The molecule has 0 bridgehead atoms. The number of methoxy groups -OCH3 is 1. The van der Waals surface area contributed by atoms with Crippen molar-refractivity contribution in [3.05, 3.63) is 71.8 Å². The molecule has 1 saturated heterocycles. The van der Waals surface area contributed by atoms with Crippen molar-refractivity contribution in [2.75, 3.05) is 31.7 Å². The molecule has 6 nitrogen and oxygen atoms in total.